The van der Waals surface area contributed by atoms with Crippen LogP contribution in [-0.2, 0) is 6.54 Å². The molecule has 2 N–H and O–H groups in total. The Morgan fingerprint density at radius 1 is 1.22 bits per heavy atom. The van der Waals surface area contributed by atoms with E-state index in [2.05, 4.69) is 40.5 Å². The summed E-state index contributed by atoms with van der Waals surface area (Å²) in [4.78, 5) is 9.28. The number of hydrogen-bond acceptors (Lipinski definition) is 4. The largest absolute Gasteiger partial charge is 0.366 e. The highest BCUT2D eigenvalue weighted by atomic mass is 35.5. The maximum Gasteiger partial charge on any atom is 0.225 e. The van der Waals surface area contributed by atoms with Crippen molar-refractivity contribution in [1.82, 2.24) is 9.97 Å². The highest BCUT2D eigenvalue weighted by molar-refractivity contribution is 6.30. The van der Waals surface area contributed by atoms with Gasteiger partial charge in [-0.05, 0) is 43.9 Å². The predicted octanol–water partition coefficient (Wildman–Crippen LogP) is 4.83. The molecule has 1 aliphatic carbocycles. The van der Waals surface area contributed by atoms with E-state index < -0.39 is 0 Å². The number of halogens is 1. The van der Waals surface area contributed by atoms with Crippen LogP contribution in [0.1, 0.15) is 50.3 Å². The molecular formula is C18H23ClN4. The zero-order valence-corrected chi connectivity index (χ0v) is 14.4. The van der Waals surface area contributed by atoms with E-state index in [1.165, 1.54) is 18.4 Å². The molecule has 1 aromatic carbocycles. The van der Waals surface area contributed by atoms with Gasteiger partial charge < -0.3 is 10.6 Å². The van der Waals surface area contributed by atoms with Crippen LogP contribution in [0.2, 0.25) is 5.02 Å². The van der Waals surface area contributed by atoms with Gasteiger partial charge in [0.15, 0.2) is 0 Å². The zero-order valence-electron chi connectivity index (χ0n) is 13.6. The number of aromatic nitrogens is 2. The molecule has 1 aliphatic rings. The maximum absolute atomic E-state index is 5.93. The predicted molar refractivity (Wildman–Crippen MR) is 96.2 cm³/mol. The second-order valence-corrected chi connectivity index (χ2v) is 6.65. The minimum absolute atomic E-state index is 0.369. The normalized spacial score (nSPS) is 15.3. The number of hydrogen-bond donors (Lipinski definition) is 2. The Morgan fingerprint density at radius 2 is 1.96 bits per heavy atom. The van der Waals surface area contributed by atoms with Crippen LogP contribution in [0.4, 0.5) is 11.8 Å². The molecule has 5 heteroatoms. The van der Waals surface area contributed by atoms with Crippen LogP contribution in [0.5, 0.6) is 0 Å². The van der Waals surface area contributed by atoms with E-state index >= 15 is 0 Å². The van der Waals surface area contributed by atoms with Gasteiger partial charge in [-0.2, -0.15) is 4.98 Å². The molecule has 0 aliphatic heterocycles. The maximum atomic E-state index is 5.93. The van der Waals surface area contributed by atoms with Crippen LogP contribution >= 0.6 is 11.6 Å². The molecule has 122 valence electrons. The Bertz CT molecular complexity index is 653. The van der Waals surface area contributed by atoms with E-state index in [4.69, 9.17) is 11.6 Å². The number of anilines is 2. The van der Waals surface area contributed by atoms with Crippen molar-refractivity contribution in [3.63, 3.8) is 0 Å². The number of nitrogens with zero attached hydrogens (tertiary/aromatic N) is 2. The fraction of sp³-hybridized carbons (Fsp3) is 0.444. The van der Waals surface area contributed by atoms with Crippen molar-refractivity contribution >= 4 is 23.4 Å². The van der Waals surface area contributed by atoms with Crippen molar-refractivity contribution in [2.24, 2.45) is 0 Å². The van der Waals surface area contributed by atoms with Gasteiger partial charge in [0.05, 0.1) is 5.69 Å². The van der Waals surface area contributed by atoms with E-state index in [9.17, 15) is 0 Å². The third kappa shape index (κ3) is 4.58. The molecule has 0 bridgehead atoms. The Labute approximate surface area is 142 Å². The third-order valence-corrected chi connectivity index (χ3v) is 4.37. The average Bonchev–Trinajstić information content (AvgIpc) is 3.39. The molecule has 4 nitrogen and oxygen atoms in total. The van der Waals surface area contributed by atoms with Gasteiger partial charge in [0.25, 0.3) is 0 Å². The van der Waals surface area contributed by atoms with Gasteiger partial charge in [-0.3, -0.25) is 0 Å². The highest BCUT2D eigenvalue weighted by Crippen LogP contribution is 2.39. The first kappa shape index (κ1) is 16.1. The van der Waals surface area contributed by atoms with Gasteiger partial charge in [0.1, 0.15) is 5.82 Å². The summed E-state index contributed by atoms with van der Waals surface area (Å²) in [5.74, 6) is 2.21. The molecule has 1 atom stereocenters. The molecule has 0 amide bonds. The topological polar surface area (TPSA) is 49.8 Å². The van der Waals surface area contributed by atoms with Crippen molar-refractivity contribution in [3.8, 4) is 0 Å². The fourth-order valence-electron chi connectivity index (χ4n) is 2.33. The standard InChI is InChI=1S/C18H23ClN4/c1-3-12(2)21-18-22-16(14-6-7-14)10-17(23-18)20-11-13-4-8-15(19)9-5-13/h4-5,8-10,12,14H,3,6-7,11H2,1-2H3,(H2,20,21,22,23)/t12-/m0/s1. The first-order chi connectivity index (χ1) is 11.1. The smallest absolute Gasteiger partial charge is 0.225 e. The Hall–Kier alpha value is -1.81. The summed E-state index contributed by atoms with van der Waals surface area (Å²) in [5.41, 5.74) is 2.32. The molecule has 1 aromatic heterocycles. The minimum Gasteiger partial charge on any atom is -0.366 e. The zero-order chi connectivity index (χ0) is 16.2. The Balaban J connectivity index is 1.73. The summed E-state index contributed by atoms with van der Waals surface area (Å²) >= 11 is 5.93. The molecule has 0 unspecified atom stereocenters. The van der Waals surface area contributed by atoms with Crippen molar-refractivity contribution in [1.29, 1.82) is 0 Å². The lowest BCUT2D eigenvalue weighted by Gasteiger charge is -2.14. The quantitative estimate of drug-likeness (QED) is 0.763. The molecule has 2 aromatic rings. The van der Waals surface area contributed by atoms with Gasteiger partial charge in [0.2, 0.25) is 5.95 Å². The van der Waals surface area contributed by atoms with Gasteiger partial charge in [-0.1, -0.05) is 30.7 Å². The molecule has 23 heavy (non-hydrogen) atoms. The molecule has 0 saturated heterocycles. The molecule has 1 heterocycles. The van der Waals surface area contributed by atoms with Crippen molar-refractivity contribution in [2.45, 2.75) is 51.6 Å². The summed E-state index contributed by atoms with van der Waals surface area (Å²) in [7, 11) is 0. The fourth-order valence-corrected chi connectivity index (χ4v) is 2.45. The molecular weight excluding hydrogens is 308 g/mol. The summed E-state index contributed by atoms with van der Waals surface area (Å²) in [6, 6.07) is 10.3. The molecule has 3 rings (SSSR count). The average molecular weight is 331 g/mol. The first-order valence-corrected chi connectivity index (χ1v) is 8.65. The van der Waals surface area contributed by atoms with Gasteiger partial charge in [-0.25, -0.2) is 4.98 Å². The van der Waals surface area contributed by atoms with Gasteiger partial charge in [0, 0.05) is 29.6 Å². The first-order valence-electron chi connectivity index (χ1n) is 8.28. The lowest BCUT2D eigenvalue weighted by molar-refractivity contribution is 0.750. The number of benzene rings is 1. The van der Waals surface area contributed by atoms with E-state index in [0.717, 1.165) is 35.4 Å². The van der Waals surface area contributed by atoms with Crippen LogP contribution in [0.25, 0.3) is 0 Å². The lowest BCUT2D eigenvalue weighted by atomic mass is 10.2. The third-order valence-electron chi connectivity index (χ3n) is 4.12. The van der Waals surface area contributed by atoms with Crippen LogP contribution in [0.15, 0.2) is 30.3 Å². The summed E-state index contributed by atoms with van der Waals surface area (Å²) < 4.78 is 0. The number of nitrogens with one attached hydrogen (secondary N) is 2. The van der Waals surface area contributed by atoms with Crippen LogP contribution in [0, 0.1) is 0 Å². The van der Waals surface area contributed by atoms with Crippen LogP contribution < -0.4 is 10.6 Å². The number of rotatable bonds is 7. The lowest BCUT2D eigenvalue weighted by Crippen LogP contribution is -2.17. The molecule has 1 saturated carbocycles. The molecule has 1 fully saturated rings. The van der Waals surface area contributed by atoms with E-state index in [-0.39, 0.29) is 0 Å². The second kappa shape index (κ2) is 7.18. The van der Waals surface area contributed by atoms with Crippen LogP contribution in [-0.4, -0.2) is 16.0 Å². The highest BCUT2D eigenvalue weighted by Gasteiger charge is 2.26. The van der Waals surface area contributed by atoms with E-state index in [0.29, 0.717) is 12.0 Å². The summed E-state index contributed by atoms with van der Waals surface area (Å²) in [6.07, 6.45) is 3.51. The Morgan fingerprint density at radius 3 is 2.61 bits per heavy atom. The molecule has 0 radical (unpaired) electrons. The molecule has 0 spiro atoms. The summed E-state index contributed by atoms with van der Waals surface area (Å²) in [6.45, 7) is 5.02. The van der Waals surface area contributed by atoms with Gasteiger partial charge in [-0.15, -0.1) is 0 Å². The Kier molecular flexibility index (Phi) is 5.01. The van der Waals surface area contributed by atoms with Gasteiger partial charge >= 0.3 is 0 Å². The van der Waals surface area contributed by atoms with Crippen molar-refractivity contribution in [2.75, 3.05) is 10.6 Å². The minimum atomic E-state index is 0.369. The van der Waals surface area contributed by atoms with E-state index in [1.54, 1.807) is 0 Å². The van der Waals surface area contributed by atoms with Crippen molar-refractivity contribution in [3.05, 3.63) is 46.6 Å². The summed E-state index contributed by atoms with van der Waals surface area (Å²) in [5, 5.41) is 7.54. The van der Waals surface area contributed by atoms with E-state index in [1.807, 2.05) is 24.3 Å². The SMILES string of the molecule is CC[C@H](C)Nc1nc(NCc2ccc(Cl)cc2)cc(C2CC2)n1. The monoisotopic (exact) mass is 330 g/mol. The van der Waals surface area contributed by atoms with Crippen molar-refractivity contribution < 1.29 is 0 Å². The second-order valence-electron chi connectivity index (χ2n) is 6.21. The van der Waals surface area contributed by atoms with Crippen LogP contribution in [0.3, 0.4) is 0 Å².